The average molecular weight is 416 g/mol. The quantitative estimate of drug-likeness (QED) is 0.557. The van der Waals surface area contributed by atoms with Crippen LogP contribution in [-0.4, -0.2) is 29.6 Å². The standard InChI is InChI=1S/C15H16BrClN4O3/c1-8(2)24-14-10(16)4-9(5-12(14)23-3)6-18-20-11-7-19-21-15(22)13(11)17/h4-8H,1-3H3,(H2,20,21,22)/b18-6-. The molecule has 7 nitrogen and oxygen atoms in total. The zero-order chi connectivity index (χ0) is 17.7. The summed E-state index contributed by atoms with van der Waals surface area (Å²) in [5.74, 6) is 1.20. The molecular formula is C15H16BrClN4O3. The van der Waals surface area contributed by atoms with Crippen molar-refractivity contribution in [1.82, 2.24) is 10.2 Å². The third kappa shape index (κ3) is 4.48. The first-order valence-electron chi connectivity index (χ1n) is 6.98. The first-order valence-corrected chi connectivity index (χ1v) is 8.16. The van der Waals surface area contributed by atoms with Crippen LogP contribution in [0, 0.1) is 0 Å². The van der Waals surface area contributed by atoms with Crippen LogP contribution in [0.1, 0.15) is 19.4 Å². The van der Waals surface area contributed by atoms with Gasteiger partial charge in [0.15, 0.2) is 11.5 Å². The topological polar surface area (TPSA) is 88.6 Å². The van der Waals surface area contributed by atoms with Gasteiger partial charge in [0.25, 0.3) is 5.56 Å². The lowest BCUT2D eigenvalue weighted by molar-refractivity contribution is 0.228. The zero-order valence-corrected chi connectivity index (χ0v) is 15.6. The minimum Gasteiger partial charge on any atom is -0.493 e. The first-order chi connectivity index (χ1) is 11.4. The maximum Gasteiger partial charge on any atom is 0.285 e. The normalized spacial score (nSPS) is 11.1. The molecule has 0 aliphatic carbocycles. The summed E-state index contributed by atoms with van der Waals surface area (Å²) in [6.07, 6.45) is 2.95. The molecule has 1 heterocycles. The van der Waals surface area contributed by atoms with Crippen molar-refractivity contribution in [2.75, 3.05) is 12.5 Å². The monoisotopic (exact) mass is 414 g/mol. The maximum atomic E-state index is 11.3. The summed E-state index contributed by atoms with van der Waals surface area (Å²) < 4.78 is 11.8. The highest BCUT2D eigenvalue weighted by atomic mass is 79.9. The van der Waals surface area contributed by atoms with Crippen molar-refractivity contribution in [3.8, 4) is 11.5 Å². The molecule has 2 N–H and O–H groups in total. The van der Waals surface area contributed by atoms with E-state index in [0.717, 1.165) is 10.0 Å². The fourth-order valence-corrected chi connectivity index (χ4v) is 2.49. The largest absolute Gasteiger partial charge is 0.493 e. The summed E-state index contributed by atoms with van der Waals surface area (Å²) in [5, 5.41) is 9.91. The molecule has 0 atom stereocenters. The highest BCUT2D eigenvalue weighted by Gasteiger charge is 2.12. The van der Waals surface area contributed by atoms with Gasteiger partial charge in [-0.25, -0.2) is 5.10 Å². The number of rotatable bonds is 6. The molecule has 0 amide bonds. The number of benzene rings is 1. The Kier molecular flexibility index (Phi) is 6.22. The lowest BCUT2D eigenvalue weighted by atomic mass is 10.2. The van der Waals surface area contributed by atoms with Crippen LogP contribution in [0.2, 0.25) is 5.02 Å². The van der Waals surface area contributed by atoms with Crippen molar-refractivity contribution in [3.63, 3.8) is 0 Å². The highest BCUT2D eigenvalue weighted by molar-refractivity contribution is 9.10. The van der Waals surface area contributed by atoms with Crippen LogP contribution in [0.5, 0.6) is 11.5 Å². The molecule has 128 valence electrons. The number of halogens is 2. The number of hydrazone groups is 1. The number of nitrogens with one attached hydrogen (secondary N) is 2. The molecule has 2 aromatic rings. The van der Waals surface area contributed by atoms with Crippen LogP contribution in [0.25, 0.3) is 0 Å². The number of H-pyrrole nitrogens is 1. The Labute approximate surface area is 152 Å². The summed E-state index contributed by atoms with van der Waals surface area (Å²) in [5.41, 5.74) is 3.25. The van der Waals surface area contributed by atoms with Crippen LogP contribution in [0.15, 0.2) is 32.7 Å². The van der Waals surface area contributed by atoms with Gasteiger partial charge in [0.1, 0.15) is 10.7 Å². The molecule has 0 unspecified atom stereocenters. The van der Waals surface area contributed by atoms with Gasteiger partial charge in [-0.05, 0) is 47.5 Å². The smallest absolute Gasteiger partial charge is 0.285 e. The molecule has 0 bridgehead atoms. The molecule has 0 saturated heterocycles. The second-order valence-corrected chi connectivity index (χ2v) is 6.23. The molecule has 0 fully saturated rings. The van der Waals surface area contributed by atoms with Crippen molar-refractivity contribution in [2.24, 2.45) is 5.10 Å². The lowest BCUT2D eigenvalue weighted by Crippen LogP contribution is -2.10. The second-order valence-electron chi connectivity index (χ2n) is 5.00. The van der Waals surface area contributed by atoms with Gasteiger partial charge in [0.2, 0.25) is 0 Å². The molecule has 1 aromatic heterocycles. The number of aromatic amines is 1. The Morgan fingerprint density at radius 1 is 1.46 bits per heavy atom. The van der Waals surface area contributed by atoms with Crippen LogP contribution in [0.4, 0.5) is 5.69 Å². The Morgan fingerprint density at radius 2 is 2.21 bits per heavy atom. The molecule has 2 rings (SSSR count). The van der Waals surface area contributed by atoms with E-state index in [-0.39, 0.29) is 11.1 Å². The van der Waals surface area contributed by atoms with Crippen molar-refractivity contribution in [1.29, 1.82) is 0 Å². The van der Waals surface area contributed by atoms with Gasteiger partial charge in [-0.2, -0.15) is 10.2 Å². The number of anilines is 1. The van der Waals surface area contributed by atoms with Crippen LogP contribution in [-0.2, 0) is 0 Å². The molecule has 1 aromatic carbocycles. The summed E-state index contributed by atoms with van der Waals surface area (Å²) in [6.45, 7) is 3.87. The summed E-state index contributed by atoms with van der Waals surface area (Å²) in [6, 6.07) is 3.62. The van der Waals surface area contributed by atoms with Gasteiger partial charge >= 0.3 is 0 Å². The van der Waals surface area contributed by atoms with Crippen molar-refractivity contribution in [2.45, 2.75) is 20.0 Å². The summed E-state index contributed by atoms with van der Waals surface area (Å²) in [7, 11) is 1.57. The van der Waals surface area contributed by atoms with Crippen LogP contribution in [0.3, 0.4) is 0 Å². The van der Waals surface area contributed by atoms with Crippen LogP contribution >= 0.6 is 27.5 Å². The molecule has 0 spiro atoms. The van der Waals surface area contributed by atoms with E-state index in [1.807, 2.05) is 19.9 Å². The summed E-state index contributed by atoms with van der Waals surface area (Å²) in [4.78, 5) is 11.3. The van der Waals surface area contributed by atoms with Gasteiger partial charge in [-0.1, -0.05) is 11.6 Å². The molecule has 0 aliphatic rings. The van der Waals surface area contributed by atoms with E-state index in [9.17, 15) is 4.79 Å². The zero-order valence-electron chi connectivity index (χ0n) is 13.3. The Bertz CT molecular complexity index is 808. The maximum absolute atomic E-state index is 11.3. The van der Waals surface area contributed by atoms with E-state index in [4.69, 9.17) is 21.1 Å². The molecule has 0 saturated carbocycles. The van der Waals surface area contributed by atoms with Gasteiger partial charge < -0.3 is 9.47 Å². The van der Waals surface area contributed by atoms with E-state index in [2.05, 4.69) is 36.7 Å². The molecule has 9 heteroatoms. The van der Waals surface area contributed by atoms with Crippen molar-refractivity contribution >= 4 is 39.4 Å². The van der Waals surface area contributed by atoms with Gasteiger partial charge in [0.05, 0.1) is 30.1 Å². The fraction of sp³-hybridized carbons (Fsp3) is 0.267. The number of hydrogen-bond acceptors (Lipinski definition) is 6. The summed E-state index contributed by atoms with van der Waals surface area (Å²) >= 11 is 9.31. The van der Waals surface area contributed by atoms with E-state index >= 15 is 0 Å². The lowest BCUT2D eigenvalue weighted by Gasteiger charge is -2.15. The van der Waals surface area contributed by atoms with Gasteiger partial charge in [0, 0.05) is 0 Å². The SMILES string of the molecule is COc1cc(/C=N\Nc2cn[nH]c(=O)c2Cl)cc(Br)c1OC(C)C. The second kappa shape index (κ2) is 8.16. The Balaban J connectivity index is 2.22. The Hall–Kier alpha value is -2.06. The molecule has 0 aliphatic heterocycles. The number of aromatic nitrogens is 2. The molecule has 24 heavy (non-hydrogen) atoms. The van der Waals surface area contributed by atoms with Crippen molar-refractivity contribution < 1.29 is 9.47 Å². The number of hydrogen-bond donors (Lipinski definition) is 2. The predicted molar refractivity (Wildman–Crippen MR) is 97.5 cm³/mol. The molecule has 0 radical (unpaired) electrons. The van der Waals surface area contributed by atoms with E-state index in [1.54, 1.807) is 19.4 Å². The number of ether oxygens (including phenoxy) is 2. The van der Waals surface area contributed by atoms with E-state index < -0.39 is 5.56 Å². The predicted octanol–water partition coefficient (Wildman–Crippen LogP) is 3.43. The highest BCUT2D eigenvalue weighted by Crippen LogP contribution is 2.37. The van der Waals surface area contributed by atoms with E-state index in [1.165, 1.54) is 6.20 Å². The van der Waals surface area contributed by atoms with Crippen molar-refractivity contribution in [3.05, 3.63) is 43.7 Å². The first kappa shape index (κ1) is 18.3. The average Bonchev–Trinajstić information content (AvgIpc) is 2.53. The third-order valence-corrected chi connectivity index (χ3v) is 3.76. The molecular weight excluding hydrogens is 400 g/mol. The Morgan fingerprint density at radius 3 is 2.88 bits per heavy atom. The third-order valence-electron chi connectivity index (χ3n) is 2.80. The minimum atomic E-state index is -0.489. The minimum absolute atomic E-state index is 0.0124. The van der Waals surface area contributed by atoms with Gasteiger partial charge in [-0.15, -0.1) is 0 Å². The van der Waals surface area contributed by atoms with Gasteiger partial charge in [-0.3, -0.25) is 10.2 Å². The number of methoxy groups -OCH3 is 1. The van der Waals surface area contributed by atoms with E-state index in [0.29, 0.717) is 17.2 Å². The fourth-order valence-electron chi connectivity index (χ4n) is 1.80. The van der Waals surface area contributed by atoms with Crippen LogP contribution < -0.4 is 20.5 Å². The number of nitrogens with zero attached hydrogens (tertiary/aromatic N) is 2.